The third kappa shape index (κ3) is 5.65. The zero-order valence-electron chi connectivity index (χ0n) is 20.7. The summed E-state index contributed by atoms with van der Waals surface area (Å²) in [4.78, 5) is 38.3. The fourth-order valence-corrected chi connectivity index (χ4v) is 4.77. The molecular weight excluding hydrogens is 478 g/mol. The Balaban J connectivity index is 1.25. The van der Waals surface area contributed by atoms with Crippen LogP contribution in [0.4, 0.5) is 4.79 Å². The van der Waals surface area contributed by atoms with E-state index in [-0.39, 0.29) is 24.7 Å². The number of benzene rings is 4. The van der Waals surface area contributed by atoms with Gasteiger partial charge in [-0.15, -0.1) is 0 Å². The third-order valence-electron chi connectivity index (χ3n) is 6.64. The highest BCUT2D eigenvalue weighted by atomic mass is 16.6. The molecule has 1 atom stereocenters. The molecule has 0 saturated carbocycles. The molecule has 1 amide bonds. The molecule has 0 fully saturated rings. The maximum atomic E-state index is 13.0. The van der Waals surface area contributed by atoms with E-state index in [4.69, 9.17) is 9.47 Å². The molecular formula is C32H27NO5. The monoisotopic (exact) mass is 505 g/mol. The fourth-order valence-electron chi connectivity index (χ4n) is 4.77. The van der Waals surface area contributed by atoms with E-state index in [1.54, 1.807) is 30.3 Å². The van der Waals surface area contributed by atoms with Crippen LogP contribution in [0, 0.1) is 0 Å². The predicted molar refractivity (Wildman–Crippen MR) is 144 cm³/mol. The summed E-state index contributed by atoms with van der Waals surface area (Å²) >= 11 is 0. The molecule has 0 aliphatic heterocycles. The number of Topliss-reactive ketones (excluding diaryl/α,β-unsaturated/α-hetero) is 1. The van der Waals surface area contributed by atoms with Crippen molar-refractivity contribution in [1.29, 1.82) is 0 Å². The summed E-state index contributed by atoms with van der Waals surface area (Å²) in [6.07, 6.45) is -0.525. The van der Waals surface area contributed by atoms with Gasteiger partial charge in [0, 0.05) is 17.9 Å². The Morgan fingerprint density at radius 1 is 0.684 bits per heavy atom. The second-order valence-electron chi connectivity index (χ2n) is 9.11. The van der Waals surface area contributed by atoms with Gasteiger partial charge in [-0.3, -0.25) is 4.79 Å². The summed E-state index contributed by atoms with van der Waals surface area (Å²) in [5.74, 6) is -1.12. The van der Waals surface area contributed by atoms with Gasteiger partial charge < -0.3 is 14.8 Å². The van der Waals surface area contributed by atoms with Gasteiger partial charge in [-0.1, -0.05) is 109 Å². The Morgan fingerprint density at radius 2 is 1.24 bits per heavy atom. The number of ether oxygens (including phenoxy) is 2. The molecule has 6 nitrogen and oxygen atoms in total. The maximum absolute atomic E-state index is 13.0. The zero-order valence-corrected chi connectivity index (χ0v) is 20.7. The van der Waals surface area contributed by atoms with Gasteiger partial charge >= 0.3 is 12.1 Å². The molecule has 4 aromatic carbocycles. The lowest BCUT2D eigenvalue weighted by Gasteiger charge is -2.19. The van der Waals surface area contributed by atoms with Gasteiger partial charge in [-0.25, -0.2) is 9.59 Å². The summed E-state index contributed by atoms with van der Waals surface area (Å²) in [6, 6.07) is 33.0. The molecule has 0 radical (unpaired) electrons. The minimum absolute atomic E-state index is 0.101. The summed E-state index contributed by atoms with van der Waals surface area (Å²) in [7, 11) is 0. The number of rotatable bonds is 9. The number of alkyl carbamates (subject to hydrolysis) is 1. The molecule has 0 spiro atoms. The minimum Gasteiger partial charge on any atom is -0.456 e. The normalized spacial score (nSPS) is 12.6. The van der Waals surface area contributed by atoms with E-state index in [1.165, 1.54) is 0 Å². The van der Waals surface area contributed by atoms with Crippen LogP contribution in [0.1, 0.15) is 33.0 Å². The van der Waals surface area contributed by atoms with E-state index < -0.39 is 24.7 Å². The van der Waals surface area contributed by atoms with Crippen molar-refractivity contribution in [1.82, 2.24) is 5.32 Å². The molecule has 1 N–H and O–H groups in total. The number of hydrogen-bond donors (Lipinski definition) is 1. The predicted octanol–water partition coefficient (Wildman–Crippen LogP) is 5.56. The lowest BCUT2D eigenvalue weighted by molar-refractivity contribution is -0.144. The topological polar surface area (TPSA) is 81.7 Å². The smallest absolute Gasteiger partial charge is 0.407 e. The molecule has 5 rings (SSSR count). The van der Waals surface area contributed by atoms with Crippen LogP contribution in [0.3, 0.4) is 0 Å². The SMILES string of the molecule is O=C(N[C@@H](Cc1ccccc1)C(=O)OCC(=O)c1ccccc1)OCC1c2ccccc2-c2ccccc21. The molecule has 0 aromatic heterocycles. The molecule has 6 heteroatoms. The summed E-state index contributed by atoms with van der Waals surface area (Å²) in [6.45, 7) is -0.292. The minimum atomic E-state index is -1.02. The number of esters is 1. The molecule has 4 aromatic rings. The summed E-state index contributed by atoms with van der Waals surface area (Å²) < 4.78 is 10.9. The van der Waals surface area contributed by atoms with Crippen molar-refractivity contribution < 1.29 is 23.9 Å². The highest BCUT2D eigenvalue weighted by molar-refractivity contribution is 5.98. The molecule has 0 unspecified atom stereocenters. The lowest BCUT2D eigenvalue weighted by atomic mass is 9.98. The molecule has 0 bridgehead atoms. The lowest BCUT2D eigenvalue weighted by Crippen LogP contribution is -2.44. The van der Waals surface area contributed by atoms with Crippen LogP contribution in [0.15, 0.2) is 109 Å². The van der Waals surface area contributed by atoms with Crippen LogP contribution in [0.2, 0.25) is 0 Å². The van der Waals surface area contributed by atoms with Crippen molar-refractivity contribution in [2.24, 2.45) is 0 Å². The zero-order chi connectivity index (χ0) is 26.3. The van der Waals surface area contributed by atoms with Crippen molar-refractivity contribution in [3.63, 3.8) is 0 Å². The Kier molecular flexibility index (Phi) is 7.59. The van der Waals surface area contributed by atoms with E-state index in [0.29, 0.717) is 5.56 Å². The van der Waals surface area contributed by atoms with Gasteiger partial charge in [-0.05, 0) is 27.8 Å². The number of nitrogens with one attached hydrogen (secondary N) is 1. The van der Waals surface area contributed by atoms with Crippen molar-refractivity contribution in [3.05, 3.63) is 131 Å². The average molecular weight is 506 g/mol. The van der Waals surface area contributed by atoms with Gasteiger partial charge in [0.15, 0.2) is 12.4 Å². The first kappa shape index (κ1) is 25.0. The first-order valence-electron chi connectivity index (χ1n) is 12.5. The number of carbonyl (C=O) groups excluding carboxylic acids is 3. The van der Waals surface area contributed by atoms with Crippen LogP contribution in [-0.2, 0) is 20.7 Å². The van der Waals surface area contributed by atoms with E-state index >= 15 is 0 Å². The average Bonchev–Trinajstić information content (AvgIpc) is 3.29. The third-order valence-corrected chi connectivity index (χ3v) is 6.64. The Labute approximate surface area is 221 Å². The molecule has 38 heavy (non-hydrogen) atoms. The van der Waals surface area contributed by atoms with E-state index in [2.05, 4.69) is 17.4 Å². The molecule has 0 saturated heterocycles. The standard InChI is InChI=1S/C32H27NO5/c34-30(23-13-5-2-6-14-23)21-37-31(35)29(19-22-11-3-1-4-12-22)33-32(36)38-20-28-26-17-9-7-15-24(26)25-16-8-10-18-27(25)28/h1-18,28-29H,19-21H2,(H,33,36)/t29-/m0/s1. The van der Waals surface area contributed by atoms with Crippen molar-refractivity contribution in [2.75, 3.05) is 13.2 Å². The number of ketones is 1. The van der Waals surface area contributed by atoms with Crippen LogP contribution >= 0.6 is 0 Å². The molecule has 190 valence electrons. The van der Waals surface area contributed by atoms with Crippen molar-refractivity contribution >= 4 is 17.8 Å². The first-order chi connectivity index (χ1) is 18.6. The number of hydrogen-bond acceptors (Lipinski definition) is 5. The van der Waals surface area contributed by atoms with Gasteiger partial charge in [0.05, 0.1) is 0 Å². The highest BCUT2D eigenvalue weighted by Gasteiger charge is 2.30. The molecule has 1 aliphatic carbocycles. The summed E-state index contributed by atoms with van der Waals surface area (Å²) in [5.41, 5.74) is 5.74. The number of carbonyl (C=O) groups is 3. The van der Waals surface area contributed by atoms with Gasteiger partial charge in [0.2, 0.25) is 0 Å². The Bertz CT molecular complexity index is 1390. The quantitative estimate of drug-likeness (QED) is 0.238. The van der Waals surface area contributed by atoms with E-state index in [1.807, 2.05) is 66.7 Å². The van der Waals surface area contributed by atoms with Gasteiger partial charge in [-0.2, -0.15) is 0 Å². The van der Waals surface area contributed by atoms with Crippen LogP contribution in [0.5, 0.6) is 0 Å². The number of amides is 1. The highest BCUT2D eigenvalue weighted by Crippen LogP contribution is 2.44. The van der Waals surface area contributed by atoms with Crippen LogP contribution < -0.4 is 5.32 Å². The van der Waals surface area contributed by atoms with Crippen molar-refractivity contribution in [2.45, 2.75) is 18.4 Å². The first-order valence-corrected chi connectivity index (χ1v) is 12.5. The second kappa shape index (κ2) is 11.6. The van der Waals surface area contributed by atoms with E-state index in [0.717, 1.165) is 27.8 Å². The largest absolute Gasteiger partial charge is 0.456 e. The molecule has 0 heterocycles. The maximum Gasteiger partial charge on any atom is 0.407 e. The fraction of sp³-hybridized carbons (Fsp3) is 0.156. The van der Waals surface area contributed by atoms with Crippen LogP contribution in [0.25, 0.3) is 11.1 Å². The van der Waals surface area contributed by atoms with Gasteiger partial charge in [0.1, 0.15) is 12.6 Å². The van der Waals surface area contributed by atoms with Crippen molar-refractivity contribution in [3.8, 4) is 11.1 Å². The Morgan fingerprint density at radius 3 is 1.87 bits per heavy atom. The molecule has 1 aliphatic rings. The second-order valence-corrected chi connectivity index (χ2v) is 9.11. The van der Waals surface area contributed by atoms with E-state index in [9.17, 15) is 14.4 Å². The Hall–Kier alpha value is -4.71. The number of fused-ring (bicyclic) bond motifs is 3. The summed E-state index contributed by atoms with van der Waals surface area (Å²) in [5, 5.41) is 2.65. The van der Waals surface area contributed by atoms with Crippen LogP contribution in [-0.4, -0.2) is 37.1 Å². The van der Waals surface area contributed by atoms with Gasteiger partial charge in [0.25, 0.3) is 0 Å².